The minimum atomic E-state index is -3.59. The van der Waals surface area contributed by atoms with E-state index in [1.807, 2.05) is 6.92 Å². The number of carbonyl (C=O) groups is 1. The van der Waals surface area contributed by atoms with E-state index in [9.17, 15) is 13.2 Å². The normalized spacial score (nSPS) is 11.3. The summed E-state index contributed by atoms with van der Waals surface area (Å²) >= 11 is 0. The van der Waals surface area contributed by atoms with Gasteiger partial charge in [-0.25, -0.2) is 13.1 Å². The Kier molecular flexibility index (Phi) is 8.05. The van der Waals surface area contributed by atoms with Gasteiger partial charge in [-0.15, -0.1) is 0 Å². The van der Waals surface area contributed by atoms with Gasteiger partial charge in [-0.1, -0.05) is 26.7 Å². The number of unbranched alkanes of at least 4 members (excludes halogenated alkanes) is 2. The molecule has 0 saturated carbocycles. The number of hydrogen-bond donors (Lipinski definition) is 2. The standard InChI is InChI=1S/C16H26N2O4S/c1-4-7-8-11-17-23(20,21)13-9-10-15(22-6-3)14(12-13)18-16(19)5-2/h9-10,12,17H,4-8,11H2,1-3H3,(H,18,19). The second-order valence-corrected chi connectivity index (χ2v) is 6.86. The highest BCUT2D eigenvalue weighted by Gasteiger charge is 2.17. The van der Waals surface area contributed by atoms with Crippen LogP contribution in [-0.2, 0) is 14.8 Å². The summed E-state index contributed by atoms with van der Waals surface area (Å²) in [7, 11) is -3.59. The minimum Gasteiger partial charge on any atom is -0.492 e. The molecule has 1 amide bonds. The van der Waals surface area contributed by atoms with Gasteiger partial charge in [0.1, 0.15) is 5.75 Å². The monoisotopic (exact) mass is 342 g/mol. The molecule has 0 aliphatic rings. The zero-order chi connectivity index (χ0) is 17.3. The number of hydrogen-bond acceptors (Lipinski definition) is 4. The first-order valence-corrected chi connectivity index (χ1v) is 9.49. The van der Waals surface area contributed by atoms with E-state index in [2.05, 4.69) is 17.0 Å². The van der Waals surface area contributed by atoms with E-state index in [4.69, 9.17) is 4.74 Å². The lowest BCUT2D eigenvalue weighted by molar-refractivity contribution is -0.115. The van der Waals surface area contributed by atoms with Crippen LogP contribution in [0.5, 0.6) is 5.75 Å². The van der Waals surface area contributed by atoms with Crippen LogP contribution in [0.15, 0.2) is 23.1 Å². The van der Waals surface area contributed by atoms with E-state index < -0.39 is 10.0 Å². The molecule has 0 heterocycles. The quantitative estimate of drug-likeness (QED) is 0.640. The predicted molar refractivity (Wildman–Crippen MR) is 91.2 cm³/mol. The molecule has 0 aliphatic heterocycles. The Balaban J connectivity index is 2.98. The molecule has 0 bridgehead atoms. The summed E-state index contributed by atoms with van der Waals surface area (Å²) < 4.78 is 32.6. The molecule has 0 fully saturated rings. The molecule has 0 aliphatic carbocycles. The van der Waals surface area contributed by atoms with Crippen molar-refractivity contribution in [2.75, 3.05) is 18.5 Å². The molecular weight excluding hydrogens is 316 g/mol. The van der Waals surface area contributed by atoms with Crippen molar-refractivity contribution >= 4 is 21.6 Å². The first-order chi connectivity index (χ1) is 10.9. The van der Waals surface area contributed by atoms with Gasteiger partial charge in [-0.2, -0.15) is 0 Å². The number of sulfonamides is 1. The van der Waals surface area contributed by atoms with E-state index in [0.29, 0.717) is 31.0 Å². The Bertz CT molecular complexity index is 615. The zero-order valence-electron chi connectivity index (χ0n) is 14.0. The van der Waals surface area contributed by atoms with Crippen molar-refractivity contribution in [1.29, 1.82) is 0 Å². The number of anilines is 1. The van der Waals surface area contributed by atoms with Gasteiger partial charge in [-0.3, -0.25) is 4.79 Å². The largest absolute Gasteiger partial charge is 0.492 e. The van der Waals surface area contributed by atoms with Crippen LogP contribution in [0, 0.1) is 0 Å². The Morgan fingerprint density at radius 3 is 2.52 bits per heavy atom. The number of amides is 1. The smallest absolute Gasteiger partial charge is 0.240 e. The predicted octanol–water partition coefficient (Wildman–Crippen LogP) is 2.90. The van der Waals surface area contributed by atoms with Crippen LogP contribution < -0.4 is 14.8 Å². The van der Waals surface area contributed by atoms with Gasteiger partial charge in [0.15, 0.2) is 0 Å². The third kappa shape index (κ3) is 6.19. The van der Waals surface area contributed by atoms with E-state index in [0.717, 1.165) is 19.3 Å². The van der Waals surface area contributed by atoms with Gasteiger partial charge in [0.2, 0.25) is 15.9 Å². The number of rotatable bonds is 10. The van der Waals surface area contributed by atoms with Crippen LogP contribution in [0.1, 0.15) is 46.5 Å². The minimum absolute atomic E-state index is 0.115. The second-order valence-electron chi connectivity index (χ2n) is 5.10. The van der Waals surface area contributed by atoms with E-state index >= 15 is 0 Å². The third-order valence-corrected chi connectivity index (χ3v) is 4.69. The summed E-state index contributed by atoms with van der Waals surface area (Å²) in [5, 5.41) is 2.68. The van der Waals surface area contributed by atoms with Crippen LogP contribution in [0.4, 0.5) is 5.69 Å². The second kappa shape index (κ2) is 9.52. The summed E-state index contributed by atoms with van der Waals surface area (Å²) in [5.74, 6) is 0.260. The zero-order valence-corrected chi connectivity index (χ0v) is 14.8. The molecule has 0 radical (unpaired) electrons. The van der Waals surface area contributed by atoms with Crippen molar-refractivity contribution in [3.05, 3.63) is 18.2 Å². The van der Waals surface area contributed by atoms with E-state index in [1.165, 1.54) is 12.1 Å². The fourth-order valence-corrected chi connectivity index (χ4v) is 3.06. The Morgan fingerprint density at radius 1 is 1.17 bits per heavy atom. The first kappa shape index (κ1) is 19.4. The summed E-state index contributed by atoms with van der Waals surface area (Å²) in [6, 6.07) is 4.48. The van der Waals surface area contributed by atoms with E-state index in [1.54, 1.807) is 13.0 Å². The van der Waals surface area contributed by atoms with Gasteiger partial charge in [-0.05, 0) is 31.5 Å². The van der Waals surface area contributed by atoms with Crippen molar-refractivity contribution in [2.45, 2.75) is 51.3 Å². The van der Waals surface area contributed by atoms with Gasteiger partial charge >= 0.3 is 0 Å². The fourth-order valence-electron chi connectivity index (χ4n) is 1.96. The lowest BCUT2D eigenvalue weighted by atomic mass is 10.3. The highest BCUT2D eigenvalue weighted by atomic mass is 32.2. The van der Waals surface area contributed by atoms with Crippen LogP contribution in [-0.4, -0.2) is 27.5 Å². The summed E-state index contributed by atoms with van der Waals surface area (Å²) in [5.41, 5.74) is 0.370. The fraction of sp³-hybridized carbons (Fsp3) is 0.562. The molecule has 7 heteroatoms. The van der Waals surface area contributed by atoms with Crippen LogP contribution in [0.3, 0.4) is 0 Å². The van der Waals surface area contributed by atoms with Gasteiger partial charge in [0.25, 0.3) is 0 Å². The number of benzene rings is 1. The Labute approximate surface area is 138 Å². The van der Waals surface area contributed by atoms with Crippen molar-refractivity contribution in [1.82, 2.24) is 4.72 Å². The highest BCUT2D eigenvalue weighted by Crippen LogP contribution is 2.28. The van der Waals surface area contributed by atoms with Gasteiger partial charge in [0.05, 0.1) is 17.2 Å². The molecule has 0 atom stereocenters. The molecule has 0 spiro atoms. The molecule has 0 unspecified atom stereocenters. The molecule has 23 heavy (non-hydrogen) atoms. The number of carbonyl (C=O) groups excluding carboxylic acids is 1. The lowest BCUT2D eigenvalue weighted by Gasteiger charge is -2.13. The molecular formula is C16H26N2O4S. The average Bonchev–Trinajstić information content (AvgIpc) is 2.53. The van der Waals surface area contributed by atoms with Crippen molar-refractivity contribution in [2.24, 2.45) is 0 Å². The number of nitrogens with one attached hydrogen (secondary N) is 2. The molecule has 1 aromatic carbocycles. The van der Waals surface area contributed by atoms with Gasteiger partial charge < -0.3 is 10.1 Å². The summed E-state index contributed by atoms with van der Waals surface area (Å²) in [4.78, 5) is 11.7. The SMILES string of the molecule is CCCCCNS(=O)(=O)c1ccc(OCC)c(NC(=O)CC)c1. The Morgan fingerprint density at radius 2 is 1.91 bits per heavy atom. The summed E-state index contributed by atoms with van der Waals surface area (Å²) in [6.45, 7) is 6.44. The Hall–Kier alpha value is -1.60. The summed E-state index contributed by atoms with van der Waals surface area (Å²) in [6.07, 6.45) is 3.10. The maximum atomic E-state index is 12.3. The van der Waals surface area contributed by atoms with E-state index in [-0.39, 0.29) is 10.8 Å². The van der Waals surface area contributed by atoms with Crippen molar-refractivity contribution in [3.8, 4) is 5.75 Å². The maximum absolute atomic E-state index is 12.3. The molecule has 1 rings (SSSR count). The molecule has 130 valence electrons. The highest BCUT2D eigenvalue weighted by molar-refractivity contribution is 7.89. The molecule has 1 aromatic rings. The number of ether oxygens (including phenoxy) is 1. The van der Waals surface area contributed by atoms with Gasteiger partial charge in [0, 0.05) is 13.0 Å². The van der Waals surface area contributed by atoms with Crippen LogP contribution in [0.2, 0.25) is 0 Å². The molecule has 0 saturated heterocycles. The topological polar surface area (TPSA) is 84.5 Å². The third-order valence-electron chi connectivity index (χ3n) is 3.23. The molecule has 2 N–H and O–H groups in total. The van der Waals surface area contributed by atoms with Crippen molar-refractivity contribution < 1.29 is 17.9 Å². The first-order valence-electron chi connectivity index (χ1n) is 8.00. The molecule has 6 nitrogen and oxygen atoms in total. The van der Waals surface area contributed by atoms with Crippen molar-refractivity contribution in [3.63, 3.8) is 0 Å². The van der Waals surface area contributed by atoms with Crippen LogP contribution in [0.25, 0.3) is 0 Å². The average molecular weight is 342 g/mol. The molecule has 0 aromatic heterocycles. The maximum Gasteiger partial charge on any atom is 0.240 e. The van der Waals surface area contributed by atoms with Crippen LogP contribution >= 0.6 is 0 Å². The lowest BCUT2D eigenvalue weighted by Crippen LogP contribution is -2.25.